The summed E-state index contributed by atoms with van der Waals surface area (Å²) in [6.07, 6.45) is 4.66. The van der Waals surface area contributed by atoms with Gasteiger partial charge in [-0.25, -0.2) is 4.99 Å². The smallest absolute Gasteiger partial charge is 0.243 e. The molecular formula is C21H40N6O. The minimum absolute atomic E-state index is 0.0217. The minimum Gasteiger partial charge on any atom is -0.355 e. The number of aliphatic imine (C=N–C) groups is 1. The molecule has 2 aliphatic rings. The molecule has 0 aromatic rings. The van der Waals surface area contributed by atoms with Crippen molar-refractivity contribution in [3.63, 3.8) is 0 Å². The van der Waals surface area contributed by atoms with E-state index in [1.165, 1.54) is 25.0 Å². The predicted molar refractivity (Wildman–Crippen MR) is 117 cm³/mol. The molecule has 0 bridgehead atoms. The lowest BCUT2D eigenvalue weighted by Crippen LogP contribution is -2.51. The van der Waals surface area contributed by atoms with Gasteiger partial charge in [0.1, 0.15) is 6.54 Å². The monoisotopic (exact) mass is 392 g/mol. The maximum absolute atomic E-state index is 12.0. The number of nitrogens with one attached hydrogen (secondary N) is 2. The molecule has 1 amide bonds. The van der Waals surface area contributed by atoms with E-state index >= 15 is 0 Å². The second-order valence-electron chi connectivity index (χ2n) is 8.41. The van der Waals surface area contributed by atoms with Crippen LogP contribution in [0.2, 0.25) is 0 Å². The van der Waals surface area contributed by atoms with Gasteiger partial charge < -0.3 is 15.5 Å². The number of piperidine rings is 1. The fourth-order valence-electron chi connectivity index (χ4n) is 4.01. The third kappa shape index (κ3) is 7.43. The van der Waals surface area contributed by atoms with Gasteiger partial charge in [0.2, 0.25) is 5.91 Å². The lowest BCUT2D eigenvalue weighted by molar-refractivity contribution is -0.127. The van der Waals surface area contributed by atoms with Crippen LogP contribution in [0.15, 0.2) is 17.1 Å². The fourth-order valence-corrected chi connectivity index (χ4v) is 4.01. The number of nitrogens with zero attached hydrogens (tertiary/aromatic N) is 4. The molecule has 2 saturated heterocycles. The zero-order chi connectivity index (χ0) is 20.5. The topological polar surface area (TPSA) is 63.2 Å². The van der Waals surface area contributed by atoms with Crippen LogP contribution in [0, 0.1) is 0 Å². The van der Waals surface area contributed by atoms with Crippen molar-refractivity contribution in [3.05, 3.63) is 12.2 Å². The first-order valence-electron chi connectivity index (χ1n) is 10.7. The van der Waals surface area contributed by atoms with Gasteiger partial charge in [0.25, 0.3) is 0 Å². The number of carbonyl (C=O) groups excluding carboxylic acids is 1. The van der Waals surface area contributed by atoms with E-state index in [-0.39, 0.29) is 12.5 Å². The average Bonchev–Trinajstić information content (AvgIpc) is 3.12. The zero-order valence-electron chi connectivity index (χ0n) is 18.3. The Morgan fingerprint density at radius 3 is 2.54 bits per heavy atom. The normalized spacial score (nSPS) is 22.3. The van der Waals surface area contributed by atoms with E-state index in [1.807, 2.05) is 0 Å². The standard InChI is InChI=1S/C21H40N6O/c1-6-27-11-7-8-19(27)14-22-21(23-15-20(28)25(4)5)24-18-9-12-26(13-10-18)16-17(2)3/h18-19H,2,6-16H2,1,3-5H3,(H2,22,23,24). The number of likely N-dealkylation sites (tertiary alicyclic amines) is 2. The maximum Gasteiger partial charge on any atom is 0.243 e. The Labute approximate surface area is 171 Å². The van der Waals surface area contributed by atoms with E-state index in [0.717, 1.165) is 51.5 Å². The van der Waals surface area contributed by atoms with Crippen molar-refractivity contribution in [3.8, 4) is 0 Å². The van der Waals surface area contributed by atoms with E-state index in [1.54, 1.807) is 19.0 Å². The van der Waals surface area contributed by atoms with Crippen LogP contribution in [0.5, 0.6) is 0 Å². The van der Waals surface area contributed by atoms with Crippen molar-refractivity contribution in [2.75, 3.05) is 59.9 Å². The van der Waals surface area contributed by atoms with Crippen molar-refractivity contribution in [1.29, 1.82) is 0 Å². The van der Waals surface area contributed by atoms with Gasteiger partial charge in [0.15, 0.2) is 5.96 Å². The summed E-state index contributed by atoms with van der Waals surface area (Å²) in [4.78, 5) is 23.1. The van der Waals surface area contributed by atoms with E-state index in [4.69, 9.17) is 0 Å². The Morgan fingerprint density at radius 2 is 1.93 bits per heavy atom. The van der Waals surface area contributed by atoms with Gasteiger partial charge in [-0.1, -0.05) is 19.1 Å². The van der Waals surface area contributed by atoms with Crippen LogP contribution in [0.4, 0.5) is 0 Å². The molecule has 2 rings (SSSR count). The largest absolute Gasteiger partial charge is 0.355 e. The second-order valence-corrected chi connectivity index (χ2v) is 8.41. The Hall–Kier alpha value is -1.60. The van der Waals surface area contributed by atoms with Crippen molar-refractivity contribution < 1.29 is 4.79 Å². The first kappa shape index (κ1) is 22.7. The Kier molecular flexibility index (Phi) is 9.25. The van der Waals surface area contributed by atoms with E-state index in [2.05, 4.69) is 45.9 Å². The molecule has 2 aliphatic heterocycles. The Morgan fingerprint density at radius 1 is 1.21 bits per heavy atom. The van der Waals surface area contributed by atoms with Crippen molar-refractivity contribution >= 4 is 11.9 Å². The van der Waals surface area contributed by atoms with Crippen LogP contribution in [0.1, 0.15) is 39.5 Å². The first-order chi connectivity index (χ1) is 13.4. The molecule has 0 aromatic carbocycles. The van der Waals surface area contributed by atoms with Crippen molar-refractivity contribution in [2.24, 2.45) is 4.99 Å². The Balaban J connectivity index is 1.89. The molecule has 7 heteroatoms. The molecular weight excluding hydrogens is 352 g/mol. The molecule has 28 heavy (non-hydrogen) atoms. The number of guanidine groups is 1. The highest BCUT2D eigenvalue weighted by atomic mass is 16.2. The molecule has 2 N–H and O–H groups in total. The molecule has 1 atom stereocenters. The number of likely N-dealkylation sites (N-methyl/N-ethyl adjacent to an activating group) is 2. The number of amides is 1. The fraction of sp³-hybridized carbons (Fsp3) is 0.810. The number of hydrogen-bond donors (Lipinski definition) is 2. The molecule has 0 radical (unpaired) electrons. The molecule has 2 heterocycles. The van der Waals surface area contributed by atoms with Gasteiger partial charge in [-0.3, -0.25) is 14.6 Å². The summed E-state index contributed by atoms with van der Waals surface area (Å²) >= 11 is 0. The van der Waals surface area contributed by atoms with Gasteiger partial charge in [-0.15, -0.1) is 0 Å². The molecule has 160 valence electrons. The molecule has 0 aromatic heterocycles. The van der Waals surface area contributed by atoms with Gasteiger partial charge in [-0.2, -0.15) is 0 Å². The summed E-state index contributed by atoms with van der Waals surface area (Å²) in [7, 11) is 3.54. The number of carbonyl (C=O) groups is 1. The first-order valence-corrected chi connectivity index (χ1v) is 10.7. The quantitative estimate of drug-likeness (QED) is 0.368. The summed E-state index contributed by atoms with van der Waals surface area (Å²) in [6.45, 7) is 14.8. The predicted octanol–water partition coefficient (Wildman–Crippen LogP) is 1.13. The average molecular weight is 393 g/mol. The zero-order valence-corrected chi connectivity index (χ0v) is 18.3. The summed E-state index contributed by atoms with van der Waals surface area (Å²) in [5.74, 6) is 0.796. The highest BCUT2D eigenvalue weighted by molar-refractivity contribution is 5.85. The summed E-state index contributed by atoms with van der Waals surface area (Å²) in [5, 5.41) is 7.09. The van der Waals surface area contributed by atoms with E-state index in [9.17, 15) is 4.79 Å². The van der Waals surface area contributed by atoms with Crippen LogP contribution >= 0.6 is 0 Å². The highest BCUT2D eigenvalue weighted by Crippen LogP contribution is 2.16. The maximum atomic E-state index is 12.0. The van der Waals surface area contributed by atoms with Crippen molar-refractivity contribution in [1.82, 2.24) is 25.3 Å². The molecule has 2 fully saturated rings. The third-order valence-electron chi connectivity index (χ3n) is 5.70. The summed E-state index contributed by atoms with van der Waals surface area (Å²) < 4.78 is 0. The van der Waals surface area contributed by atoms with Crippen LogP contribution in [0.3, 0.4) is 0 Å². The molecule has 0 spiro atoms. The highest BCUT2D eigenvalue weighted by Gasteiger charge is 2.24. The summed E-state index contributed by atoms with van der Waals surface area (Å²) in [5.41, 5.74) is 1.22. The van der Waals surface area contributed by atoms with Crippen molar-refractivity contribution in [2.45, 2.75) is 51.6 Å². The van der Waals surface area contributed by atoms with Gasteiger partial charge in [0.05, 0.1) is 0 Å². The number of hydrogen-bond acceptors (Lipinski definition) is 4. The van der Waals surface area contributed by atoms with Crippen LogP contribution in [-0.2, 0) is 4.79 Å². The lowest BCUT2D eigenvalue weighted by Gasteiger charge is -2.33. The van der Waals surface area contributed by atoms with Gasteiger partial charge in [-0.05, 0) is 45.7 Å². The van der Waals surface area contributed by atoms with Gasteiger partial charge >= 0.3 is 0 Å². The molecule has 7 nitrogen and oxygen atoms in total. The van der Waals surface area contributed by atoms with Crippen LogP contribution in [0.25, 0.3) is 0 Å². The lowest BCUT2D eigenvalue weighted by atomic mass is 10.0. The third-order valence-corrected chi connectivity index (χ3v) is 5.70. The van der Waals surface area contributed by atoms with Crippen LogP contribution in [-0.4, -0.2) is 98.6 Å². The van der Waals surface area contributed by atoms with E-state index < -0.39 is 0 Å². The van der Waals surface area contributed by atoms with E-state index in [0.29, 0.717) is 12.1 Å². The molecule has 0 aliphatic carbocycles. The number of rotatable bonds is 8. The summed E-state index contributed by atoms with van der Waals surface area (Å²) in [6, 6.07) is 0.951. The SMILES string of the molecule is C=C(C)CN1CCC(NC(=NCC(=O)N(C)C)NCC2CCCN2CC)CC1. The van der Waals surface area contributed by atoms with Crippen LogP contribution < -0.4 is 10.6 Å². The van der Waals surface area contributed by atoms with Gasteiger partial charge in [0, 0.05) is 52.4 Å². The molecule has 0 saturated carbocycles. The Bertz CT molecular complexity index is 539. The minimum atomic E-state index is 0.0217. The second kappa shape index (κ2) is 11.4. The molecule has 1 unspecified atom stereocenters.